The number of ether oxygens (including phenoxy) is 1. The molecule has 69 heavy (non-hydrogen) atoms. The fraction of sp³-hybridized carbons (Fsp3) is 0.0303. The zero-order chi connectivity index (χ0) is 45.3. The number of hydrogen-bond acceptors (Lipinski definition) is 3. The molecule has 0 amide bonds. The molecular formula is C66H41NOS. The third kappa shape index (κ3) is 5.17. The number of fused-ring (bicyclic) bond motifs is 20. The second-order valence-electron chi connectivity index (χ2n) is 18.6. The molecule has 0 aromatic heterocycles. The molecule has 11 aromatic rings. The van der Waals surface area contributed by atoms with Gasteiger partial charge >= 0.3 is 0 Å². The molecule has 2 aliphatic heterocycles. The van der Waals surface area contributed by atoms with E-state index in [4.69, 9.17) is 4.74 Å². The Hall–Kier alpha value is -8.37. The fourth-order valence-electron chi connectivity index (χ4n) is 12.7. The quantitative estimate of drug-likeness (QED) is 0.175. The minimum atomic E-state index is -0.599. The highest BCUT2D eigenvalue weighted by atomic mass is 32.2. The van der Waals surface area contributed by atoms with E-state index < -0.39 is 10.8 Å². The summed E-state index contributed by atoms with van der Waals surface area (Å²) in [4.78, 5) is 5.13. The summed E-state index contributed by atoms with van der Waals surface area (Å²) in [6.45, 7) is 0. The highest BCUT2D eigenvalue weighted by molar-refractivity contribution is 7.99. The molecule has 0 N–H and O–H groups in total. The van der Waals surface area contributed by atoms with Gasteiger partial charge in [0.1, 0.15) is 11.5 Å². The second kappa shape index (κ2) is 14.6. The summed E-state index contributed by atoms with van der Waals surface area (Å²) in [7, 11) is 0. The number of rotatable bonds is 4. The SMILES string of the molecule is c1ccc(-c2ccc(N(c3ccc4c(c3)-c3c(ccc5ccccc35)C43c4ccccc4Sc4ccccc43)c3cccc4c3-c3ccccc3C43c4ccccc4Oc4ccccc43)cc2)cc1. The maximum absolute atomic E-state index is 6.74. The van der Waals surface area contributed by atoms with E-state index in [2.05, 4.69) is 254 Å². The first-order valence-electron chi connectivity index (χ1n) is 23.8. The first-order valence-corrected chi connectivity index (χ1v) is 24.6. The second-order valence-corrected chi connectivity index (χ2v) is 19.7. The highest BCUT2D eigenvalue weighted by Gasteiger charge is 2.53. The summed E-state index contributed by atoms with van der Waals surface area (Å²) in [6, 6.07) is 92.4. The molecule has 2 heterocycles. The topological polar surface area (TPSA) is 12.5 Å². The Labute approximate surface area is 405 Å². The van der Waals surface area contributed by atoms with E-state index in [1.165, 1.54) is 87.3 Å². The summed E-state index contributed by atoms with van der Waals surface area (Å²) in [5.41, 5.74) is 19.8. The smallest absolute Gasteiger partial charge is 0.132 e. The van der Waals surface area contributed by atoms with Gasteiger partial charge in [0.15, 0.2) is 0 Å². The van der Waals surface area contributed by atoms with Crippen LogP contribution >= 0.6 is 11.8 Å². The molecule has 0 saturated carbocycles. The van der Waals surface area contributed by atoms with Crippen LogP contribution in [0.1, 0.15) is 44.5 Å². The van der Waals surface area contributed by atoms with Crippen molar-refractivity contribution >= 4 is 39.6 Å². The first kappa shape index (κ1) is 38.7. The van der Waals surface area contributed by atoms with E-state index in [0.717, 1.165) is 39.7 Å². The van der Waals surface area contributed by atoms with Gasteiger partial charge in [-0.25, -0.2) is 0 Å². The Balaban J connectivity index is 1.03. The molecule has 0 bridgehead atoms. The molecule has 0 atom stereocenters. The predicted octanol–water partition coefficient (Wildman–Crippen LogP) is 17.3. The summed E-state index contributed by atoms with van der Waals surface area (Å²) >= 11 is 1.89. The Morgan fingerprint density at radius 3 is 1.59 bits per heavy atom. The van der Waals surface area contributed by atoms with Crippen LogP contribution in [-0.4, -0.2) is 0 Å². The molecule has 4 aliphatic rings. The molecule has 0 radical (unpaired) electrons. The number of benzene rings is 11. The van der Waals surface area contributed by atoms with Gasteiger partial charge in [-0.1, -0.05) is 206 Å². The zero-order valence-corrected chi connectivity index (χ0v) is 38.3. The normalized spacial score (nSPS) is 14.4. The molecule has 322 valence electrons. The molecule has 11 aromatic carbocycles. The third-order valence-corrected chi connectivity index (χ3v) is 16.5. The van der Waals surface area contributed by atoms with E-state index in [0.29, 0.717) is 0 Å². The summed E-state index contributed by atoms with van der Waals surface area (Å²) in [5, 5.41) is 2.51. The minimum absolute atomic E-state index is 0.503. The van der Waals surface area contributed by atoms with Gasteiger partial charge in [-0.2, -0.15) is 0 Å². The molecule has 0 saturated heterocycles. The minimum Gasteiger partial charge on any atom is -0.457 e. The zero-order valence-electron chi connectivity index (χ0n) is 37.4. The van der Waals surface area contributed by atoms with Crippen LogP contribution in [0.4, 0.5) is 17.1 Å². The molecule has 3 heteroatoms. The monoisotopic (exact) mass is 895 g/mol. The van der Waals surface area contributed by atoms with E-state index in [1.807, 2.05) is 11.8 Å². The predicted molar refractivity (Wildman–Crippen MR) is 283 cm³/mol. The number of anilines is 3. The Kier molecular flexibility index (Phi) is 8.17. The van der Waals surface area contributed by atoms with Crippen LogP contribution < -0.4 is 9.64 Å². The maximum atomic E-state index is 6.74. The van der Waals surface area contributed by atoms with Crippen LogP contribution in [0.2, 0.25) is 0 Å². The Morgan fingerprint density at radius 2 is 0.855 bits per heavy atom. The lowest BCUT2D eigenvalue weighted by atomic mass is 9.66. The van der Waals surface area contributed by atoms with E-state index >= 15 is 0 Å². The lowest BCUT2D eigenvalue weighted by Crippen LogP contribution is -2.32. The van der Waals surface area contributed by atoms with Crippen molar-refractivity contribution in [1.82, 2.24) is 0 Å². The molecule has 0 fully saturated rings. The number of nitrogens with zero attached hydrogens (tertiary/aromatic N) is 1. The van der Waals surface area contributed by atoms with Crippen LogP contribution in [0.15, 0.2) is 259 Å². The third-order valence-electron chi connectivity index (χ3n) is 15.4. The lowest BCUT2D eigenvalue weighted by Gasteiger charge is -2.40. The van der Waals surface area contributed by atoms with Crippen LogP contribution in [0, 0.1) is 0 Å². The van der Waals surface area contributed by atoms with Crippen molar-refractivity contribution in [2.45, 2.75) is 20.6 Å². The van der Waals surface area contributed by atoms with Crippen LogP contribution in [-0.2, 0) is 10.8 Å². The van der Waals surface area contributed by atoms with E-state index in [9.17, 15) is 0 Å². The van der Waals surface area contributed by atoms with Crippen molar-refractivity contribution in [2.24, 2.45) is 0 Å². The molecule has 15 rings (SSSR count). The highest BCUT2D eigenvalue weighted by Crippen LogP contribution is 2.66. The first-order chi connectivity index (χ1) is 34.2. The number of para-hydroxylation sites is 2. The summed E-state index contributed by atoms with van der Waals surface area (Å²) in [6.07, 6.45) is 0. The lowest BCUT2D eigenvalue weighted by molar-refractivity contribution is 0.436. The van der Waals surface area contributed by atoms with Crippen LogP contribution in [0.3, 0.4) is 0 Å². The molecule has 2 spiro atoms. The standard InChI is InChI=1S/C66H41NOS/c1-2-17-42(18-3-1)43-33-36-45(37-34-43)67(58-28-16-27-56-64(58)48-21-6-7-22-50(48)65(56)52-23-8-12-29-59(52)68-60-30-13-9-24-53(60)65)46-38-40-51-49(41-46)63-47-20-5-4-19-44(47)35-39-57(63)66(51)54-25-10-14-31-61(54)69-62-32-15-11-26-55(62)66/h1-41H. The molecular weight excluding hydrogens is 855 g/mol. The van der Waals surface area contributed by atoms with Gasteiger partial charge in [0, 0.05) is 37.9 Å². The van der Waals surface area contributed by atoms with Gasteiger partial charge in [0.05, 0.1) is 16.5 Å². The van der Waals surface area contributed by atoms with Crippen molar-refractivity contribution in [3.63, 3.8) is 0 Å². The van der Waals surface area contributed by atoms with Crippen LogP contribution in [0.5, 0.6) is 11.5 Å². The summed E-state index contributed by atoms with van der Waals surface area (Å²) in [5.74, 6) is 1.78. The number of hydrogen-bond donors (Lipinski definition) is 0. The van der Waals surface area contributed by atoms with Crippen molar-refractivity contribution < 1.29 is 4.74 Å². The van der Waals surface area contributed by atoms with Gasteiger partial charge in [-0.15, -0.1) is 0 Å². The average Bonchev–Trinajstić information content (AvgIpc) is 3.88. The van der Waals surface area contributed by atoms with E-state index in [1.54, 1.807) is 0 Å². The average molecular weight is 896 g/mol. The maximum Gasteiger partial charge on any atom is 0.132 e. The Morgan fingerprint density at radius 1 is 0.333 bits per heavy atom. The van der Waals surface area contributed by atoms with Gasteiger partial charge in [-0.3, -0.25) is 0 Å². The Bertz CT molecular complexity index is 3840. The molecule has 0 unspecified atom stereocenters. The van der Waals surface area contributed by atoms with Crippen LogP contribution in [0.25, 0.3) is 44.2 Å². The van der Waals surface area contributed by atoms with Gasteiger partial charge in [0.25, 0.3) is 0 Å². The van der Waals surface area contributed by atoms with E-state index in [-0.39, 0.29) is 0 Å². The molecule has 2 aliphatic carbocycles. The largest absolute Gasteiger partial charge is 0.457 e. The summed E-state index contributed by atoms with van der Waals surface area (Å²) < 4.78 is 6.74. The van der Waals surface area contributed by atoms with Gasteiger partial charge in [0.2, 0.25) is 0 Å². The van der Waals surface area contributed by atoms with Crippen molar-refractivity contribution in [3.8, 4) is 44.9 Å². The van der Waals surface area contributed by atoms with Crippen molar-refractivity contribution in [1.29, 1.82) is 0 Å². The van der Waals surface area contributed by atoms with Gasteiger partial charge < -0.3 is 9.64 Å². The molecule has 2 nitrogen and oxygen atoms in total. The fourth-order valence-corrected chi connectivity index (χ4v) is 13.9. The van der Waals surface area contributed by atoms with Gasteiger partial charge in [-0.05, 0) is 127 Å². The van der Waals surface area contributed by atoms with Crippen molar-refractivity contribution in [2.75, 3.05) is 4.90 Å². The van der Waals surface area contributed by atoms with Crippen molar-refractivity contribution in [3.05, 3.63) is 293 Å².